The standard InChI is InChI=1S/C22H22O3/c1-2-8-21(9-3-1)22(24-14-15-25-22)12-13-23-17-18-10-11-19-6-4-5-7-20(19)16-18/h1-11,16H,12-15,17H2. The summed E-state index contributed by atoms with van der Waals surface area (Å²) in [5, 5.41) is 2.49. The van der Waals surface area contributed by atoms with Crippen LogP contribution in [0.15, 0.2) is 72.8 Å². The summed E-state index contributed by atoms with van der Waals surface area (Å²) in [7, 11) is 0. The molecule has 1 aliphatic heterocycles. The SMILES string of the molecule is c1ccc(C2(CCOCc3ccc4ccccc4c3)OCCO2)cc1. The Labute approximate surface area is 148 Å². The van der Waals surface area contributed by atoms with E-state index < -0.39 is 5.79 Å². The second-order valence-electron chi connectivity index (χ2n) is 6.30. The first-order valence-corrected chi connectivity index (χ1v) is 8.75. The third kappa shape index (κ3) is 3.59. The highest BCUT2D eigenvalue weighted by atomic mass is 16.7. The van der Waals surface area contributed by atoms with E-state index in [1.807, 2.05) is 18.2 Å². The first-order valence-electron chi connectivity index (χ1n) is 8.75. The predicted octanol–water partition coefficient (Wildman–Crippen LogP) is 4.65. The van der Waals surface area contributed by atoms with Crippen LogP contribution in [0, 0.1) is 0 Å². The molecule has 0 bridgehead atoms. The molecule has 0 atom stereocenters. The highest BCUT2D eigenvalue weighted by Crippen LogP contribution is 2.34. The molecule has 3 heteroatoms. The molecule has 0 spiro atoms. The molecule has 0 aliphatic carbocycles. The first-order chi connectivity index (χ1) is 12.4. The third-order valence-electron chi connectivity index (χ3n) is 4.63. The number of rotatable bonds is 6. The number of hydrogen-bond donors (Lipinski definition) is 0. The van der Waals surface area contributed by atoms with Crippen molar-refractivity contribution in [3.05, 3.63) is 83.9 Å². The van der Waals surface area contributed by atoms with Gasteiger partial charge in [0.15, 0.2) is 5.79 Å². The number of fused-ring (bicyclic) bond motifs is 1. The highest BCUT2D eigenvalue weighted by Gasteiger charge is 2.38. The van der Waals surface area contributed by atoms with Crippen LogP contribution in [0.1, 0.15) is 17.5 Å². The van der Waals surface area contributed by atoms with Crippen LogP contribution < -0.4 is 0 Å². The van der Waals surface area contributed by atoms with Gasteiger partial charge in [-0.25, -0.2) is 0 Å². The van der Waals surface area contributed by atoms with Crippen molar-refractivity contribution >= 4 is 10.8 Å². The van der Waals surface area contributed by atoms with Crippen LogP contribution >= 0.6 is 0 Å². The summed E-state index contributed by atoms with van der Waals surface area (Å²) in [6.07, 6.45) is 0.685. The molecule has 0 radical (unpaired) electrons. The molecule has 128 valence electrons. The molecule has 3 aromatic carbocycles. The van der Waals surface area contributed by atoms with Gasteiger partial charge in [0.2, 0.25) is 0 Å². The summed E-state index contributed by atoms with van der Waals surface area (Å²) in [6, 6.07) is 24.9. The van der Waals surface area contributed by atoms with Gasteiger partial charge in [0.05, 0.1) is 26.4 Å². The zero-order valence-electron chi connectivity index (χ0n) is 14.2. The molecule has 0 N–H and O–H groups in total. The van der Waals surface area contributed by atoms with E-state index >= 15 is 0 Å². The van der Waals surface area contributed by atoms with Gasteiger partial charge in [0.25, 0.3) is 0 Å². The van der Waals surface area contributed by atoms with E-state index in [1.54, 1.807) is 0 Å². The van der Waals surface area contributed by atoms with Crippen molar-refractivity contribution < 1.29 is 14.2 Å². The predicted molar refractivity (Wildman–Crippen MR) is 98.2 cm³/mol. The second kappa shape index (κ2) is 7.36. The van der Waals surface area contributed by atoms with Crippen molar-refractivity contribution in [2.45, 2.75) is 18.8 Å². The van der Waals surface area contributed by atoms with Gasteiger partial charge in [-0.15, -0.1) is 0 Å². The smallest absolute Gasteiger partial charge is 0.197 e. The van der Waals surface area contributed by atoms with Crippen molar-refractivity contribution in [1.82, 2.24) is 0 Å². The lowest BCUT2D eigenvalue weighted by atomic mass is 10.0. The van der Waals surface area contributed by atoms with Crippen LogP contribution in [-0.4, -0.2) is 19.8 Å². The molecular weight excluding hydrogens is 312 g/mol. The van der Waals surface area contributed by atoms with Crippen molar-refractivity contribution in [1.29, 1.82) is 0 Å². The largest absolute Gasteiger partial charge is 0.377 e. The van der Waals surface area contributed by atoms with Crippen molar-refractivity contribution in [2.75, 3.05) is 19.8 Å². The van der Waals surface area contributed by atoms with Crippen molar-refractivity contribution in [3.63, 3.8) is 0 Å². The average molecular weight is 334 g/mol. The molecule has 1 fully saturated rings. The summed E-state index contributed by atoms with van der Waals surface area (Å²) in [5.74, 6) is -0.662. The highest BCUT2D eigenvalue weighted by molar-refractivity contribution is 5.82. The lowest BCUT2D eigenvalue weighted by Crippen LogP contribution is -2.28. The van der Waals surface area contributed by atoms with Crippen molar-refractivity contribution in [2.24, 2.45) is 0 Å². The van der Waals surface area contributed by atoms with Crippen LogP contribution in [-0.2, 0) is 26.6 Å². The van der Waals surface area contributed by atoms with E-state index in [1.165, 1.54) is 16.3 Å². The fraction of sp³-hybridized carbons (Fsp3) is 0.273. The Bertz CT molecular complexity index is 823. The van der Waals surface area contributed by atoms with Crippen molar-refractivity contribution in [3.8, 4) is 0 Å². The molecule has 4 rings (SSSR count). The molecule has 0 unspecified atom stereocenters. The average Bonchev–Trinajstić information content (AvgIpc) is 3.16. The van der Waals surface area contributed by atoms with E-state index in [-0.39, 0.29) is 0 Å². The quantitative estimate of drug-likeness (QED) is 0.614. The summed E-state index contributed by atoms with van der Waals surface area (Å²) in [5.41, 5.74) is 2.24. The molecule has 0 saturated carbocycles. The third-order valence-corrected chi connectivity index (χ3v) is 4.63. The molecule has 1 aliphatic rings. The summed E-state index contributed by atoms with van der Waals surface area (Å²) >= 11 is 0. The molecular formula is C22H22O3. The Hall–Kier alpha value is -2.20. The van der Waals surface area contributed by atoms with E-state index in [9.17, 15) is 0 Å². The van der Waals surface area contributed by atoms with Gasteiger partial charge in [0, 0.05) is 12.0 Å². The fourth-order valence-corrected chi connectivity index (χ4v) is 3.33. The first kappa shape index (κ1) is 16.3. The Balaban J connectivity index is 1.37. The van der Waals surface area contributed by atoms with Crippen LogP contribution in [0.5, 0.6) is 0 Å². The van der Waals surface area contributed by atoms with Crippen LogP contribution in [0.2, 0.25) is 0 Å². The van der Waals surface area contributed by atoms with Gasteiger partial charge in [0.1, 0.15) is 0 Å². The van der Waals surface area contributed by atoms with Gasteiger partial charge in [-0.1, -0.05) is 66.7 Å². The number of benzene rings is 3. The number of hydrogen-bond acceptors (Lipinski definition) is 3. The van der Waals surface area contributed by atoms with Gasteiger partial charge < -0.3 is 14.2 Å². The summed E-state index contributed by atoms with van der Waals surface area (Å²) in [4.78, 5) is 0. The molecule has 3 nitrogen and oxygen atoms in total. The summed E-state index contributed by atoms with van der Waals surface area (Å²) in [6.45, 7) is 2.43. The maximum absolute atomic E-state index is 5.93. The maximum Gasteiger partial charge on any atom is 0.197 e. The molecule has 0 amide bonds. The topological polar surface area (TPSA) is 27.7 Å². The zero-order chi connectivity index (χ0) is 17.0. The molecule has 3 aromatic rings. The van der Waals surface area contributed by atoms with E-state index in [0.717, 1.165) is 5.56 Å². The zero-order valence-corrected chi connectivity index (χ0v) is 14.2. The second-order valence-corrected chi connectivity index (χ2v) is 6.30. The van der Waals surface area contributed by atoms with Gasteiger partial charge in [-0.05, 0) is 22.4 Å². The van der Waals surface area contributed by atoms with Gasteiger partial charge in [-0.2, -0.15) is 0 Å². The molecule has 0 aromatic heterocycles. The van der Waals surface area contributed by atoms with Crippen LogP contribution in [0.4, 0.5) is 0 Å². The van der Waals surface area contributed by atoms with Crippen LogP contribution in [0.3, 0.4) is 0 Å². The van der Waals surface area contributed by atoms with E-state index in [0.29, 0.717) is 32.8 Å². The normalized spacial score (nSPS) is 16.3. The molecule has 1 heterocycles. The van der Waals surface area contributed by atoms with Gasteiger partial charge in [-0.3, -0.25) is 0 Å². The minimum Gasteiger partial charge on any atom is -0.377 e. The molecule has 1 saturated heterocycles. The molecule has 25 heavy (non-hydrogen) atoms. The van der Waals surface area contributed by atoms with E-state index in [2.05, 4.69) is 54.6 Å². The Kier molecular flexibility index (Phi) is 4.79. The maximum atomic E-state index is 5.93. The van der Waals surface area contributed by atoms with E-state index in [4.69, 9.17) is 14.2 Å². The van der Waals surface area contributed by atoms with Crippen LogP contribution in [0.25, 0.3) is 10.8 Å². The monoisotopic (exact) mass is 334 g/mol. The Morgan fingerprint density at radius 1 is 0.800 bits per heavy atom. The number of ether oxygens (including phenoxy) is 3. The fourth-order valence-electron chi connectivity index (χ4n) is 3.33. The lowest BCUT2D eigenvalue weighted by Gasteiger charge is -2.27. The minimum absolute atomic E-state index is 0.585. The lowest BCUT2D eigenvalue weighted by molar-refractivity contribution is -0.179. The van der Waals surface area contributed by atoms with Gasteiger partial charge >= 0.3 is 0 Å². The summed E-state index contributed by atoms with van der Waals surface area (Å²) < 4.78 is 17.8. The minimum atomic E-state index is -0.662. The Morgan fingerprint density at radius 3 is 2.32 bits per heavy atom. The Morgan fingerprint density at radius 2 is 1.52 bits per heavy atom.